The van der Waals surface area contributed by atoms with Crippen molar-refractivity contribution in [2.75, 3.05) is 13.6 Å². The van der Waals surface area contributed by atoms with E-state index in [1.54, 1.807) is 25.8 Å². The molecular formula is C13H26N2O2. The molecule has 2 amide bonds. The van der Waals surface area contributed by atoms with E-state index < -0.39 is 5.60 Å². The lowest BCUT2D eigenvalue weighted by atomic mass is 10.1. The molecule has 1 aliphatic carbocycles. The maximum atomic E-state index is 11.9. The molecule has 0 radical (unpaired) electrons. The van der Waals surface area contributed by atoms with Gasteiger partial charge < -0.3 is 15.3 Å². The third-order valence-corrected chi connectivity index (χ3v) is 3.15. The van der Waals surface area contributed by atoms with Crippen molar-refractivity contribution < 1.29 is 9.90 Å². The first-order chi connectivity index (χ1) is 7.88. The Hall–Kier alpha value is -0.770. The van der Waals surface area contributed by atoms with Crippen LogP contribution in [0.3, 0.4) is 0 Å². The van der Waals surface area contributed by atoms with E-state index in [9.17, 15) is 9.90 Å². The Bertz CT molecular complexity index is 240. The molecule has 1 rings (SSSR count). The summed E-state index contributed by atoms with van der Waals surface area (Å²) in [6, 6.07) is 0.244. The van der Waals surface area contributed by atoms with Crippen LogP contribution in [-0.4, -0.2) is 41.3 Å². The van der Waals surface area contributed by atoms with Gasteiger partial charge in [-0.2, -0.15) is 0 Å². The van der Waals surface area contributed by atoms with Crippen molar-refractivity contribution >= 4 is 6.03 Å². The molecule has 17 heavy (non-hydrogen) atoms. The summed E-state index contributed by atoms with van der Waals surface area (Å²) in [5.41, 5.74) is -0.838. The predicted molar refractivity (Wildman–Crippen MR) is 68.9 cm³/mol. The maximum Gasteiger partial charge on any atom is 0.317 e. The largest absolute Gasteiger partial charge is 0.389 e. The first-order valence-electron chi connectivity index (χ1n) is 6.62. The lowest BCUT2D eigenvalue weighted by Gasteiger charge is -2.27. The van der Waals surface area contributed by atoms with Crippen LogP contribution in [0.15, 0.2) is 0 Å². The summed E-state index contributed by atoms with van der Waals surface area (Å²) in [6.45, 7) is 3.77. The highest BCUT2D eigenvalue weighted by Gasteiger charge is 2.21. The normalized spacial score (nSPS) is 18.6. The quantitative estimate of drug-likeness (QED) is 0.745. The molecule has 100 valence electrons. The van der Waals surface area contributed by atoms with Gasteiger partial charge >= 0.3 is 6.03 Å². The number of nitrogens with one attached hydrogen (secondary N) is 1. The maximum absolute atomic E-state index is 11.9. The van der Waals surface area contributed by atoms with Crippen LogP contribution in [0.4, 0.5) is 4.79 Å². The van der Waals surface area contributed by atoms with Crippen LogP contribution in [0.25, 0.3) is 0 Å². The first kappa shape index (κ1) is 14.3. The van der Waals surface area contributed by atoms with Gasteiger partial charge in [0.25, 0.3) is 0 Å². The van der Waals surface area contributed by atoms with Crippen LogP contribution in [0.2, 0.25) is 0 Å². The van der Waals surface area contributed by atoms with Crippen LogP contribution in [0.1, 0.15) is 52.4 Å². The molecule has 4 heteroatoms. The molecule has 0 heterocycles. The summed E-state index contributed by atoms with van der Waals surface area (Å²) in [7, 11) is 1.73. The van der Waals surface area contributed by atoms with Gasteiger partial charge in [0.2, 0.25) is 0 Å². The Morgan fingerprint density at radius 2 is 1.82 bits per heavy atom. The second kappa shape index (κ2) is 6.24. The van der Waals surface area contributed by atoms with E-state index in [-0.39, 0.29) is 6.03 Å². The zero-order valence-corrected chi connectivity index (χ0v) is 11.3. The van der Waals surface area contributed by atoms with Crippen molar-refractivity contribution in [3.8, 4) is 0 Å². The fourth-order valence-corrected chi connectivity index (χ4v) is 2.36. The molecule has 0 aromatic heterocycles. The molecule has 0 bridgehead atoms. The van der Waals surface area contributed by atoms with Crippen molar-refractivity contribution in [2.24, 2.45) is 0 Å². The highest BCUT2D eigenvalue weighted by atomic mass is 16.3. The van der Waals surface area contributed by atoms with E-state index in [1.807, 2.05) is 0 Å². The van der Waals surface area contributed by atoms with Gasteiger partial charge in [-0.15, -0.1) is 0 Å². The van der Waals surface area contributed by atoms with Gasteiger partial charge in [-0.1, -0.05) is 25.7 Å². The topological polar surface area (TPSA) is 52.6 Å². The Balaban J connectivity index is 2.36. The van der Waals surface area contributed by atoms with Gasteiger partial charge in [-0.25, -0.2) is 4.79 Å². The van der Waals surface area contributed by atoms with Crippen molar-refractivity contribution in [3.63, 3.8) is 0 Å². The summed E-state index contributed by atoms with van der Waals surface area (Å²) in [5, 5.41) is 12.7. The van der Waals surface area contributed by atoms with E-state index in [0.717, 1.165) is 12.8 Å². The standard InChI is InChI=1S/C13H26N2O2/c1-13(2,17)10-15(3)12(16)14-11-8-6-4-5-7-9-11/h11,17H,4-10H2,1-3H3,(H,14,16). The molecule has 1 aliphatic rings. The monoisotopic (exact) mass is 242 g/mol. The SMILES string of the molecule is CN(CC(C)(C)O)C(=O)NC1CCCCCC1. The van der Waals surface area contributed by atoms with E-state index in [0.29, 0.717) is 12.6 Å². The highest BCUT2D eigenvalue weighted by Crippen LogP contribution is 2.17. The summed E-state index contributed by atoms with van der Waals surface area (Å²) >= 11 is 0. The Kier molecular flexibility index (Phi) is 5.25. The number of likely N-dealkylation sites (N-methyl/N-ethyl adjacent to an activating group) is 1. The average molecular weight is 242 g/mol. The van der Waals surface area contributed by atoms with Crippen molar-refractivity contribution in [1.29, 1.82) is 0 Å². The zero-order chi connectivity index (χ0) is 12.9. The number of rotatable bonds is 3. The van der Waals surface area contributed by atoms with Crippen molar-refractivity contribution in [1.82, 2.24) is 10.2 Å². The molecule has 0 atom stereocenters. The van der Waals surface area contributed by atoms with Crippen LogP contribution in [-0.2, 0) is 0 Å². The van der Waals surface area contributed by atoms with Crippen LogP contribution >= 0.6 is 0 Å². The molecule has 1 saturated carbocycles. The van der Waals surface area contributed by atoms with Crippen molar-refractivity contribution in [2.45, 2.75) is 64.0 Å². The minimum absolute atomic E-state index is 0.0703. The number of amides is 2. The molecule has 4 nitrogen and oxygen atoms in total. The zero-order valence-electron chi connectivity index (χ0n) is 11.3. The van der Waals surface area contributed by atoms with Gasteiger partial charge in [0.1, 0.15) is 0 Å². The molecule has 0 spiro atoms. The molecule has 0 unspecified atom stereocenters. The van der Waals surface area contributed by atoms with Crippen molar-refractivity contribution in [3.05, 3.63) is 0 Å². The number of nitrogens with zero attached hydrogens (tertiary/aromatic N) is 1. The summed E-state index contributed by atoms with van der Waals surface area (Å²) in [5.74, 6) is 0. The van der Waals surface area contributed by atoms with E-state index in [4.69, 9.17) is 0 Å². The molecule has 0 aromatic carbocycles. The van der Waals surface area contributed by atoms with Crippen LogP contribution < -0.4 is 5.32 Å². The number of hydrogen-bond acceptors (Lipinski definition) is 2. The third-order valence-electron chi connectivity index (χ3n) is 3.15. The third kappa shape index (κ3) is 5.91. The molecule has 0 saturated heterocycles. The summed E-state index contributed by atoms with van der Waals surface area (Å²) < 4.78 is 0. The number of carbonyl (C=O) groups excluding carboxylic acids is 1. The molecule has 0 aromatic rings. The van der Waals surface area contributed by atoms with Crippen LogP contribution in [0.5, 0.6) is 0 Å². The highest BCUT2D eigenvalue weighted by molar-refractivity contribution is 5.74. The minimum atomic E-state index is -0.838. The van der Waals surface area contributed by atoms with Gasteiger partial charge in [0, 0.05) is 13.1 Å². The van der Waals surface area contributed by atoms with E-state index in [1.165, 1.54) is 25.7 Å². The van der Waals surface area contributed by atoms with E-state index >= 15 is 0 Å². The lowest BCUT2D eigenvalue weighted by Crippen LogP contribution is -2.47. The van der Waals surface area contributed by atoms with Gasteiger partial charge in [-0.3, -0.25) is 0 Å². The fraction of sp³-hybridized carbons (Fsp3) is 0.923. The Labute approximate surface area is 104 Å². The molecule has 1 fully saturated rings. The Morgan fingerprint density at radius 3 is 2.29 bits per heavy atom. The second-order valence-electron chi connectivity index (χ2n) is 5.81. The van der Waals surface area contributed by atoms with Gasteiger partial charge in [-0.05, 0) is 26.7 Å². The predicted octanol–water partition coefficient (Wildman–Crippen LogP) is 2.12. The smallest absolute Gasteiger partial charge is 0.317 e. The second-order valence-corrected chi connectivity index (χ2v) is 5.81. The number of hydrogen-bond donors (Lipinski definition) is 2. The minimum Gasteiger partial charge on any atom is -0.389 e. The lowest BCUT2D eigenvalue weighted by molar-refractivity contribution is 0.0527. The summed E-state index contributed by atoms with van der Waals surface area (Å²) in [6.07, 6.45) is 7.16. The average Bonchev–Trinajstić information content (AvgIpc) is 2.43. The molecule has 0 aliphatic heterocycles. The molecular weight excluding hydrogens is 216 g/mol. The van der Waals surface area contributed by atoms with Gasteiger partial charge in [0.15, 0.2) is 0 Å². The molecule has 2 N–H and O–H groups in total. The number of urea groups is 1. The fourth-order valence-electron chi connectivity index (χ4n) is 2.36. The van der Waals surface area contributed by atoms with Crippen LogP contribution in [0, 0.1) is 0 Å². The number of aliphatic hydroxyl groups is 1. The van der Waals surface area contributed by atoms with E-state index in [2.05, 4.69) is 5.32 Å². The number of carbonyl (C=O) groups is 1. The Morgan fingerprint density at radius 1 is 1.29 bits per heavy atom. The van der Waals surface area contributed by atoms with Gasteiger partial charge in [0.05, 0.1) is 12.1 Å². The first-order valence-corrected chi connectivity index (χ1v) is 6.62. The summed E-state index contributed by atoms with van der Waals surface area (Å²) in [4.78, 5) is 13.5.